The van der Waals surface area contributed by atoms with E-state index in [1.807, 2.05) is 6.08 Å². The van der Waals surface area contributed by atoms with E-state index in [1.165, 1.54) is 0 Å². The lowest BCUT2D eigenvalue weighted by molar-refractivity contribution is -0.150. The average Bonchev–Trinajstić information content (AvgIpc) is 3.37. The maximum absolute atomic E-state index is 12.2. The maximum Gasteiger partial charge on any atom is 0.333 e. The second kappa shape index (κ2) is 8.48. The summed E-state index contributed by atoms with van der Waals surface area (Å²) in [5.74, 6) is -2.16. The van der Waals surface area contributed by atoms with Gasteiger partial charge in [0.2, 0.25) is 0 Å². The fourth-order valence-corrected chi connectivity index (χ4v) is 3.70. The quantitative estimate of drug-likeness (QED) is 0.333. The smallest absolute Gasteiger partial charge is 0.333 e. The Morgan fingerprint density at radius 3 is 2.60 bits per heavy atom. The number of rotatable bonds is 11. The summed E-state index contributed by atoms with van der Waals surface area (Å²) < 4.78 is 5.28. The SMILES string of the molecule is C=CCC1=CCC(CCCCCC)(C(=O)O)C(C(=O)O)=C1CC1CO1. The molecule has 0 aromatic carbocycles. The van der Waals surface area contributed by atoms with Crippen LogP contribution in [0.15, 0.2) is 35.5 Å². The topological polar surface area (TPSA) is 87.1 Å². The van der Waals surface area contributed by atoms with Crippen molar-refractivity contribution < 1.29 is 24.5 Å². The second-order valence-corrected chi connectivity index (χ2v) is 6.94. The molecule has 2 atom stereocenters. The Morgan fingerprint density at radius 1 is 1.36 bits per heavy atom. The van der Waals surface area contributed by atoms with Gasteiger partial charge in [-0.2, -0.15) is 0 Å². The lowest BCUT2D eigenvalue weighted by Gasteiger charge is -2.35. The van der Waals surface area contributed by atoms with E-state index in [4.69, 9.17) is 4.74 Å². The molecule has 0 radical (unpaired) electrons. The van der Waals surface area contributed by atoms with Crippen molar-refractivity contribution in [2.45, 2.75) is 64.4 Å². The highest BCUT2D eigenvalue weighted by Crippen LogP contribution is 2.47. The molecule has 1 aliphatic heterocycles. The maximum atomic E-state index is 12.2. The molecule has 0 bridgehead atoms. The largest absolute Gasteiger partial charge is 0.481 e. The molecule has 138 valence electrons. The normalized spacial score (nSPS) is 25.5. The second-order valence-electron chi connectivity index (χ2n) is 6.94. The first-order valence-electron chi connectivity index (χ1n) is 9.08. The van der Waals surface area contributed by atoms with E-state index in [-0.39, 0.29) is 18.1 Å². The first-order valence-corrected chi connectivity index (χ1v) is 9.08. The standard InChI is InChI=1S/C20H28O5/c1-3-5-6-7-10-20(19(23)24)11-9-14(8-4-2)16(12-15-13-25-15)17(20)18(21)22/h4,9,15H,2-3,5-8,10-13H2,1H3,(H,21,22)(H,23,24). The zero-order valence-electron chi connectivity index (χ0n) is 14.9. The van der Waals surface area contributed by atoms with E-state index in [2.05, 4.69) is 13.5 Å². The number of carboxylic acid groups (broad SMARTS) is 2. The Bertz CT molecular complexity index is 597. The van der Waals surface area contributed by atoms with Crippen molar-refractivity contribution in [3.8, 4) is 0 Å². The van der Waals surface area contributed by atoms with E-state index in [0.717, 1.165) is 31.3 Å². The molecule has 1 aliphatic carbocycles. The summed E-state index contributed by atoms with van der Waals surface area (Å²) in [6.07, 6.45) is 8.95. The predicted molar refractivity (Wildman–Crippen MR) is 95.4 cm³/mol. The van der Waals surface area contributed by atoms with Gasteiger partial charge in [0, 0.05) is 6.42 Å². The van der Waals surface area contributed by atoms with Crippen LogP contribution in [0.2, 0.25) is 0 Å². The summed E-state index contributed by atoms with van der Waals surface area (Å²) in [7, 11) is 0. The van der Waals surface area contributed by atoms with Crippen LogP contribution >= 0.6 is 0 Å². The molecule has 2 unspecified atom stereocenters. The van der Waals surface area contributed by atoms with Crippen LogP contribution in [0.1, 0.15) is 58.3 Å². The molecular formula is C20H28O5. The van der Waals surface area contributed by atoms with Gasteiger partial charge in [-0.1, -0.05) is 44.8 Å². The lowest BCUT2D eigenvalue weighted by Crippen LogP contribution is -2.39. The molecule has 0 saturated carbocycles. The van der Waals surface area contributed by atoms with Crippen molar-refractivity contribution in [1.82, 2.24) is 0 Å². The molecule has 5 heteroatoms. The molecule has 5 nitrogen and oxygen atoms in total. The number of hydrogen-bond acceptors (Lipinski definition) is 3. The van der Waals surface area contributed by atoms with Gasteiger partial charge in [0.05, 0.1) is 18.3 Å². The molecular weight excluding hydrogens is 320 g/mol. The van der Waals surface area contributed by atoms with Crippen LogP contribution in [0.25, 0.3) is 0 Å². The van der Waals surface area contributed by atoms with Crippen LogP contribution in [0.5, 0.6) is 0 Å². The van der Waals surface area contributed by atoms with Crippen molar-refractivity contribution >= 4 is 11.9 Å². The van der Waals surface area contributed by atoms with Crippen LogP contribution in [-0.4, -0.2) is 34.9 Å². The zero-order chi connectivity index (χ0) is 18.4. The number of carboxylic acids is 2. The van der Waals surface area contributed by atoms with Crippen LogP contribution in [0.3, 0.4) is 0 Å². The zero-order valence-corrected chi connectivity index (χ0v) is 14.9. The van der Waals surface area contributed by atoms with Gasteiger partial charge in [-0.3, -0.25) is 4.79 Å². The average molecular weight is 348 g/mol. The van der Waals surface area contributed by atoms with Crippen LogP contribution in [0.4, 0.5) is 0 Å². The Morgan fingerprint density at radius 2 is 2.08 bits per heavy atom. The number of hydrogen-bond donors (Lipinski definition) is 2. The molecule has 0 aromatic heterocycles. The third-order valence-electron chi connectivity index (χ3n) is 5.14. The number of epoxide rings is 1. The predicted octanol–water partition coefficient (Wildman–Crippen LogP) is 4.10. The molecule has 0 aromatic rings. The van der Waals surface area contributed by atoms with Gasteiger partial charge in [-0.05, 0) is 30.4 Å². The number of unbranched alkanes of at least 4 members (excludes halogenated alkanes) is 3. The molecule has 25 heavy (non-hydrogen) atoms. The first kappa shape index (κ1) is 19.4. The molecule has 0 amide bonds. The summed E-state index contributed by atoms with van der Waals surface area (Å²) in [5, 5.41) is 19.9. The minimum atomic E-state index is -1.34. The van der Waals surface area contributed by atoms with Crippen molar-refractivity contribution in [1.29, 1.82) is 0 Å². The number of carbonyl (C=O) groups is 2. The minimum absolute atomic E-state index is 0.00208. The van der Waals surface area contributed by atoms with Gasteiger partial charge in [-0.15, -0.1) is 6.58 Å². The molecule has 0 spiro atoms. The highest BCUT2D eigenvalue weighted by atomic mass is 16.6. The van der Waals surface area contributed by atoms with Gasteiger partial charge < -0.3 is 14.9 Å². The summed E-state index contributed by atoms with van der Waals surface area (Å²) >= 11 is 0. The van der Waals surface area contributed by atoms with Crippen LogP contribution < -0.4 is 0 Å². The van der Waals surface area contributed by atoms with Crippen LogP contribution in [0, 0.1) is 5.41 Å². The highest BCUT2D eigenvalue weighted by molar-refractivity contribution is 5.98. The van der Waals surface area contributed by atoms with E-state index < -0.39 is 17.4 Å². The van der Waals surface area contributed by atoms with E-state index in [1.54, 1.807) is 6.08 Å². The summed E-state index contributed by atoms with van der Waals surface area (Å²) in [5.41, 5.74) is 0.243. The van der Waals surface area contributed by atoms with Crippen molar-refractivity contribution in [2.24, 2.45) is 5.41 Å². The van der Waals surface area contributed by atoms with E-state index in [9.17, 15) is 19.8 Å². The monoisotopic (exact) mass is 348 g/mol. The van der Waals surface area contributed by atoms with Gasteiger partial charge in [0.15, 0.2) is 0 Å². The van der Waals surface area contributed by atoms with Gasteiger partial charge >= 0.3 is 11.9 Å². The summed E-state index contributed by atoms with van der Waals surface area (Å²) in [4.78, 5) is 24.3. The van der Waals surface area contributed by atoms with Gasteiger partial charge in [0.1, 0.15) is 5.41 Å². The fraction of sp³-hybridized carbons (Fsp3) is 0.600. The fourth-order valence-electron chi connectivity index (χ4n) is 3.70. The van der Waals surface area contributed by atoms with Gasteiger partial charge in [-0.25, -0.2) is 4.79 Å². The van der Waals surface area contributed by atoms with Crippen molar-refractivity contribution in [3.05, 3.63) is 35.5 Å². The molecule has 1 fully saturated rings. The molecule has 1 saturated heterocycles. The molecule has 2 aliphatic rings. The number of allylic oxidation sites excluding steroid dienone is 3. The number of ether oxygens (including phenoxy) is 1. The Labute approximate surface area is 149 Å². The third kappa shape index (κ3) is 4.40. The lowest BCUT2D eigenvalue weighted by atomic mass is 9.66. The molecule has 2 N–H and O–H groups in total. The first-order chi connectivity index (χ1) is 12.0. The van der Waals surface area contributed by atoms with Crippen LogP contribution in [-0.2, 0) is 14.3 Å². The third-order valence-corrected chi connectivity index (χ3v) is 5.14. The van der Waals surface area contributed by atoms with Crippen molar-refractivity contribution in [3.63, 3.8) is 0 Å². The molecule has 2 rings (SSSR count). The summed E-state index contributed by atoms with van der Waals surface area (Å²) in [6, 6.07) is 0. The van der Waals surface area contributed by atoms with Gasteiger partial charge in [0.25, 0.3) is 0 Å². The Balaban J connectivity index is 2.42. The van der Waals surface area contributed by atoms with E-state index in [0.29, 0.717) is 31.4 Å². The summed E-state index contributed by atoms with van der Waals surface area (Å²) in [6.45, 7) is 6.43. The number of aliphatic carboxylic acids is 2. The minimum Gasteiger partial charge on any atom is -0.481 e. The van der Waals surface area contributed by atoms with E-state index >= 15 is 0 Å². The highest BCUT2D eigenvalue weighted by Gasteiger charge is 2.48. The molecule has 1 heterocycles. The van der Waals surface area contributed by atoms with Crippen molar-refractivity contribution in [2.75, 3.05) is 6.61 Å². The Kier molecular flexibility index (Phi) is 6.59. The Hall–Kier alpha value is -1.88.